The van der Waals surface area contributed by atoms with Gasteiger partial charge < -0.3 is 19.9 Å². The first-order chi connectivity index (χ1) is 11.5. The number of benzene rings is 1. The van der Waals surface area contributed by atoms with E-state index in [-0.39, 0.29) is 17.7 Å². The molecule has 1 aromatic rings. The van der Waals surface area contributed by atoms with E-state index in [9.17, 15) is 9.59 Å². The highest BCUT2D eigenvalue weighted by molar-refractivity contribution is 5.79. The van der Waals surface area contributed by atoms with Crippen LogP contribution in [-0.2, 0) is 16.1 Å². The molecule has 0 heterocycles. The van der Waals surface area contributed by atoms with E-state index < -0.39 is 5.97 Å². The molecule has 132 valence electrons. The number of hydrogen-bond donors (Lipinski definition) is 2. The van der Waals surface area contributed by atoms with Gasteiger partial charge >= 0.3 is 5.97 Å². The third kappa shape index (κ3) is 4.63. The summed E-state index contributed by atoms with van der Waals surface area (Å²) in [5, 5.41) is 11.9. The van der Waals surface area contributed by atoms with Crippen LogP contribution < -0.4 is 14.8 Å². The average molecular weight is 335 g/mol. The van der Waals surface area contributed by atoms with Gasteiger partial charge in [-0.25, -0.2) is 0 Å². The summed E-state index contributed by atoms with van der Waals surface area (Å²) < 4.78 is 10.8. The Morgan fingerprint density at radius 2 is 1.83 bits per heavy atom. The Labute approximate surface area is 142 Å². The van der Waals surface area contributed by atoms with Gasteiger partial charge in [-0.2, -0.15) is 0 Å². The number of rotatable bonds is 7. The van der Waals surface area contributed by atoms with Gasteiger partial charge in [0, 0.05) is 12.5 Å². The van der Waals surface area contributed by atoms with Crippen LogP contribution in [-0.4, -0.2) is 30.7 Å². The summed E-state index contributed by atoms with van der Waals surface area (Å²) in [7, 11) is 1.59. The van der Waals surface area contributed by atoms with Gasteiger partial charge in [0.2, 0.25) is 5.91 Å². The van der Waals surface area contributed by atoms with Gasteiger partial charge in [-0.1, -0.05) is 6.07 Å². The number of carbonyl (C=O) groups excluding carboxylic acids is 1. The van der Waals surface area contributed by atoms with Crippen LogP contribution in [0.1, 0.15) is 38.2 Å². The molecule has 6 nitrogen and oxygen atoms in total. The van der Waals surface area contributed by atoms with Crippen molar-refractivity contribution in [1.82, 2.24) is 5.32 Å². The van der Waals surface area contributed by atoms with E-state index in [1.54, 1.807) is 7.11 Å². The van der Waals surface area contributed by atoms with Crippen molar-refractivity contribution in [2.45, 2.75) is 39.2 Å². The summed E-state index contributed by atoms with van der Waals surface area (Å²) in [6.07, 6.45) is 2.42. The maximum atomic E-state index is 12.3. The predicted octanol–water partition coefficient (Wildman–Crippen LogP) is 2.60. The molecule has 0 spiro atoms. The quantitative estimate of drug-likeness (QED) is 0.800. The minimum Gasteiger partial charge on any atom is -0.493 e. The normalized spacial score (nSPS) is 20.2. The van der Waals surface area contributed by atoms with Crippen molar-refractivity contribution >= 4 is 11.9 Å². The maximum absolute atomic E-state index is 12.3. The Balaban J connectivity index is 1.88. The Morgan fingerprint density at radius 3 is 2.42 bits per heavy atom. The zero-order valence-corrected chi connectivity index (χ0v) is 14.2. The van der Waals surface area contributed by atoms with E-state index in [2.05, 4.69) is 5.32 Å². The number of aliphatic carboxylic acids is 1. The van der Waals surface area contributed by atoms with Crippen molar-refractivity contribution < 1.29 is 24.2 Å². The number of ether oxygens (including phenoxy) is 2. The van der Waals surface area contributed by atoms with Crippen LogP contribution in [0, 0.1) is 11.8 Å². The van der Waals surface area contributed by atoms with E-state index >= 15 is 0 Å². The minimum atomic E-state index is -0.754. The molecule has 0 atom stereocenters. The topological polar surface area (TPSA) is 84.9 Å². The number of carbonyl (C=O) groups is 2. The molecule has 0 unspecified atom stereocenters. The molecular weight excluding hydrogens is 310 g/mol. The maximum Gasteiger partial charge on any atom is 0.306 e. The van der Waals surface area contributed by atoms with Crippen molar-refractivity contribution in [2.24, 2.45) is 11.8 Å². The standard InChI is InChI=1S/C18H25NO5/c1-3-24-16-10-12(4-9-15(16)23-2)11-19-17(20)13-5-7-14(8-6-13)18(21)22/h4,9-10,13-14H,3,5-8,11H2,1-2H3,(H,19,20)(H,21,22). The van der Waals surface area contributed by atoms with Gasteiger partial charge in [-0.3, -0.25) is 9.59 Å². The van der Waals surface area contributed by atoms with Crippen LogP contribution in [0.4, 0.5) is 0 Å². The molecule has 1 saturated carbocycles. The van der Waals surface area contributed by atoms with E-state index in [0.29, 0.717) is 50.3 Å². The molecule has 1 aliphatic carbocycles. The monoisotopic (exact) mass is 335 g/mol. The Bertz CT molecular complexity index is 579. The summed E-state index contributed by atoms with van der Waals surface area (Å²) in [5.74, 6) is 0.172. The highest BCUT2D eigenvalue weighted by Crippen LogP contribution is 2.30. The second-order valence-electron chi connectivity index (χ2n) is 6.02. The van der Waals surface area contributed by atoms with Gasteiger partial charge in [0.25, 0.3) is 0 Å². The number of nitrogens with one attached hydrogen (secondary N) is 1. The van der Waals surface area contributed by atoms with Crippen molar-refractivity contribution in [2.75, 3.05) is 13.7 Å². The van der Waals surface area contributed by atoms with Crippen molar-refractivity contribution in [3.63, 3.8) is 0 Å². The molecule has 0 bridgehead atoms. The molecule has 1 aliphatic rings. The molecule has 0 saturated heterocycles. The van der Waals surface area contributed by atoms with Crippen LogP contribution in [0.5, 0.6) is 11.5 Å². The molecule has 24 heavy (non-hydrogen) atoms. The summed E-state index contributed by atoms with van der Waals surface area (Å²) in [6, 6.07) is 5.58. The van der Waals surface area contributed by atoms with Gasteiger partial charge in [0.05, 0.1) is 19.6 Å². The average Bonchev–Trinajstić information content (AvgIpc) is 2.60. The van der Waals surface area contributed by atoms with Crippen LogP contribution in [0.3, 0.4) is 0 Å². The first-order valence-corrected chi connectivity index (χ1v) is 8.35. The lowest BCUT2D eigenvalue weighted by Crippen LogP contribution is -2.34. The van der Waals surface area contributed by atoms with Gasteiger partial charge in [-0.05, 0) is 50.3 Å². The first kappa shape index (κ1) is 18.1. The molecule has 0 radical (unpaired) electrons. The summed E-state index contributed by atoms with van der Waals surface area (Å²) in [5.41, 5.74) is 0.937. The lowest BCUT2D eigenvalue weighted by Gasteiger charge is -2.25. The van der Waals surface area contributed by atoms with Crippen molar-refractivity contribution in [1.29, 1.82) is 0 Å². The third-order valence-electron chi connectivity index (χ3n) is 4.44. The Morgan fingerprint density at radius 1 is 1.17 bits per heavy atom. The highest BCUT2D eigenvalue weighted by atomic mass is 16.5. The van der Waals surface area contributed by atoms with E-state index in [4.69, 9.17) is 14.6 Å². The summed E-state index contributed by atoms with van der Waals surface area (Å²) in [4.78, 5) is 23.2. The zero-order chi connectivity index (χ0) is 17.5. The molecular formula is C18H25NO5. The molecule has 1 fully saturated rings. The number of carboxylic acid groups (broad SMARTS) is 1. The third-order valence-corrected chi connectivity index (χ3v) is 4.44. The van der Waals surface area contributed by atoms with Crippen molar-refractivity contribution in [3.05, 3.63) is 23.8 Å². The zero-order valence-electron chi connectivity index (χ0n) is 14.2. The van der Waals surface area contributed by atoms with Crippen LogP contribution in [0.2, 0.25) is 0 Å². The highest BCUT2D eigenvalue weighted by Gasteiger charge is 2.29. The molecule has 6 heteroatoms. The largest absolute Gasteiger partial charge is 0.493 e. The second-order valence-corrected chi connectivity index (χ2v) is 6.02. The molecule has 0 aliphatic heterocycles. The minimum absolute atomic E-state index is 0.00684. The first-order valence-electron chi connectivity index (χ1n) is 8.35. The predicted molar refractivity (Wildman–Crippen MR) is 89.1 cm³/mol. The van der Waals surface area contributed by atoms with Crippen molar-refractivity contribution in [3.8, 4) is 11.5 Å². The molecule has 2 rings (SSSR count). The Kier molecular flexibility index (Phi) is 6.46. The number of carboxylic acids is 1. The van der Waals surface area contributed by atoms with E-state index in [1.807, 2.05) is 25.1 Å². The van der Waals surface area contributed by atoms with Crippen LogP contribution in [0.15, 0.2) is 18.2 Å². The summed E-state index contributed by atoms with van der Waals surface area (Å²) >= 11 is 0. The van der Waals surface area contributed by atoms with Gasteiger partial charge in [0.1, 0.15) is 0 Å². The molecule has 1 aromatic carbocycles. The Hall–Kier alpha value is -2.24. The van der Waals surface area contributed by atoms with E-state index in [0.717, 1.165) is 5.56 Å². The number of amides is 1. The fourth-order valence-corrected chi connectivity index (χ4v) is 3.04. The van der Waals surface area contributed by atoms with Crippen LogP contribution in [0.25, 0.3) is 0 Å². The van der Waals surface area contributed by atoms with E-state index in [1.165, 1.54) is 0 Å². The fourth-order valence-electron chi connectivity index (χ4n) is 3.04. The second kappa shape index (κ2) is 8.57. The summed E-state index contributed by atoms with van der Waals surface area (Å²) in [6.45, 7) is 2.86. The fraction of sp³-hybridized carbons (Fsp3) is 0.556. The van der Waals surface area contributed by atoms with Crippen LogP contribution >= 0.6 is 0 Å². The molecule has 2 N–H and O–H groups in total. The molecule has 0 aromatic heterocycles. The SMILES string of the molecule is CCOc1cc(CNC(=O)C2CCC(C(=O)O)CC2)ccc1OC. The lowest BCUT2D eigenvalue weighted by molar-refractivity contribution is -0.144. The van der Waals surface area contributed by atoms with Gasteiger partial charge in [-0.15, -0.1) is 0 Å². The number of hydrogen-bond acceptors (Lipinski definition) is 4. The lowest BCUT2D eigenvalue weighted by atomic mass is 9.81. The van der Waals surface area contributed by atoms with Gasteiger partial charge in [0.15, 0.2) is 11.5 Å². The smallest absolute Gasteiger partial charge is 0.306 e. The number of methoxy groups -OCH3 is 1. The molecule has 1 amide bonds.